The fourth-order valence-electron chi connectivity index (χ4n) is 1.64. The summed E-state index contributed by atoms with van der Waals surface area (Å²) in [4.78, 5) is 0. The number of fused-ring (bicyclic) bond motifs is 1. The summed E-state index contributed by atoms with van der Waals surface area (Å²) in [5.41, 5.74) is 4.89. The van der Waals surface area contributed by atoms with Crippen LogP contribution in [0.5, 0.6) is 0 Å². The first kappa shape index (κ1) is 8.45. The van der Waals surface area contributed by atoms with Gasteiger partial charge in [-0.05, 0) is 37.1 Å². The van der Waals surface area contributed by atoms with E-state index >= 15 is 0 Å². The zero-order valence-corrected chi connectivity index (χ0v) is 8.56. The quantitative estimate of drug-likeness (QED) is 0.624. The van der Waals surface area contributed by atoms with Crippen LogP contribution in [0.15, 0.2) is 24.4 Å². The first-order valence-corrected chi connectivity index (χ1v) is 4.73. The molecule has 2 aromatic rings. The third-order valence-electron chi connectivity index (χ3n) is 2.37. The Balaban J connectivity index is 2.93. The summed E-state index contributed by atoms with van der Waals surface area (Å²) < 4.78 is 2.14. The highest BCUT2D eigenvalue weighted by molar-refractivity contribution is 7.79. The summed E-state index contributed by atoms with van der Waals surface area (Å²) in [6.45, 7) is 4.20. The van der Waals surface area contributed by atoms with Crippen molar-refractivity contribution in [1.29, 1.82) is 0 Å². The maximum atomic E-state index is 4.98. The minimum atomic E-state index is 1.12. The molecule has 0 saturated carbocycles. The van der Waals surface area contributed by atoms with Gasteiger partial charge in [-0.2, -0.15) is 0 Å². The normalized spacial score (nSPS) is 10.6. The van der Waals surface area contributed by atoms with Crippen LogP contribution in [-0.4, -0.2) is 9.77 Å². The predicted molar refractivity (Wildman–Crippen MR) is 59.6 cm³/mol. The molecule has 0 aliphatic rings. The smallest absolute Gasteiger partial charge is 0.0592 e. The molecule has 0 radical (unpaired) electrons. The average molecular weight is 189 g/mol. The number of pyridine rings is 1. The summed E-state index contributed by atoms with van der Waals surface area (Å²) in [6.07, 6.45) is 2.05. The van der Waals surface area contributed by atoms with E-state index < -0.39 is 0 Å². The first-order valence-electron chi connectivity index (χ1n) is 4.26. The molecule has 0 amide bonds. The van der Waals surface area contributed by atoms with Crippen LogP contribution >= 0.6 is 12.2 Å². The lowest BCUT2D eigenvalue weighted by molar-refractivity contribution is 1.16. The van der Waals surface area contributed by atoms with E-state index in [1.54, 1.807) is 5.37 Å². The van der Waals surface area contributed by atoms with E-state index in [9.17, 15) is 0 Å². The van der Waals surface area contributed by atoms with E-state index in [2.05, 4.69) is 30.4 Å². The van der Waals surface area contributed by atoms with Crippen molar-refractivity contribution in [2.45, 2.75) is 13.8 Å². The van der Waals surface area contributed by atoms with Crippen molar-refractivity contribution >= 4 is 23.1 Å². The molecule has 0 bridgehead atoms. The van der Waals surface area contributed by atoms with Gasteiger partial charge in [-0.3, -0.25) is 0 Å². The molecule has 13 heavy (non-hydrogen) atoms. The summed E-state index contributed by atoms with van der Waals surface area (Å²) in [7, 11) is 0. The Labute approximate surface area is 83.0 Å². The highest BCUT2D eigenvalue weighted by atomic mass is 32.1. The second-order valence-corrected chi connectivity index (χ2v) is 3.51. The topological polar surface area (TPSA) is 4.41 Å². The summed E-state index contributed by atoms with van der Waals surface area (Å²) in [5.74, 6) is 0. The van der Waals surface area contributed by atoms with Gasteiger partial charge in [0.15, 0.2) is 0 Å². The molecule has 0 N–H and O–H groups in total. The maximum Gasteiger partial charge on any atom is 0.0592 e. The molecular formula is C11H11NS. The second-order valence-electron chi connectivity index (χ2n) is 3.28. The molecule has 0 unspecified atom stereocenters. The fourth-order valence-corrected chi connectivity index (χ4v) is 1.94. The van der Waals surface area contributed by atoms with Gasteiger partial charge in [0.25, 0.3) is 0 Å². The Kier molecular flexibility index (Phi) is 1.93. The van der Waals surface area contributed by atoms with E-state index in [-0.39, 0.29) is 0 Å². The van der Waals surface area contributed by atoms with Crippen molar-refractivity contribution in [2.24, 2.45) is 0 Å². The van der Waals surface area contributed by atoms with Crippen LogP contribution in [0.4, 0.5) is 0 Å². The molecule has 2 heterocycles. The van der Waals surface area contributed by atoms with Crippen LogP contribution in [0.3, 0.4) is 0 Å². The van der Waals surface area contributed by atoms with Gasteiger partial charge >= 0.3 is 0 Å². The zero-order valence-electron chi connectivity index (χ0n) is 7.74. The number of hydrogen-bond donors (Lipinski definition) is 0. The summed E-state index contributed by atoms with van der Waals surface area (Å²) in [5, 5.41) is 1.74. The van der Waals surface area contributed by atoms with Crippen molar-refractivity contribution in [1.82, 2.24) is 4.40 Å². The Morgan fingerprint density at radius 3 is 2.77 bits per heavy atom. The predicted octanol–water partition coefficient (Wildman–Crippen LogP) is 2.90. The van der Waals surface area contributed by atoms with Crippen molar-refractivity contribution in [3.05, 3.63) is 41.2 Å². The monoisotopic (exact) mass is 189 g/mol. The van der Waals surface area contributed by atoms with Crippen LogP contribution in [0.25, 0.3) is 5.52 Å². The van der Waals surface area contributed by atoms with Crippen LogP contribution in [0.2, 0.25) is 0 Å². The highest BCUT2D eigenvalue weighted by Crippen LogP contribution is 2.17. The van der Waals surface area contributed by atoms with Gasteiger partial charge in [-0.15, -0.1) is 0 Å². The van der Waals surface area contributed by atoms with Crippen LogP contribution in [0.1, 0.15) is 16.8 Å². The largest absolute Gasteiger partial charge is 0.316 e. The molecule has 0 aliphatic carbocycles. The minimum absolute atomic E-state index is 1.12. The van der Waals surface area contributed by atoms with E-state index in [1.807, 2.05) is 12.3 Å². The van der Waals surface area contributed by atoms with Gasteiger partial charge in [-0.25, -0.2) is 0 Å². The molecule has 2 heteroatoms. The Morgan fingerprint density at radius 1 is 1.31 bits per heavy atom. The molecule has 1 nitrogen and oxygen atoms in total. The molecule has 0 spiro atoms. The number of nitrogens with zero attached hydrogens (tertiary/aromatic N) is 1. The Hall–Kier alpha value is -1.15. The molecule has 0 fully saturated rings. The molecule has 0 saturated heterocycles. The summed E-state index contributed by atoms with van der Waals surface area (Å²) >= 11 is 4.98. The lowest BCUT2D eigenvalue weighted by atomic mass is 10.2. The van der Waals surface area contributed by atoms with Gasteiger partial charge < -0.3 is 4.40 Å². The van der Waals surface area contributed by atoms with Gasteiger partial charge in [0.2, 0.25) is 0 Å². The van der Waals surface area contributed by atoms with E-state index in [4.69, 9.17) is 12.2 Å². The number of aryl methyl sites for hydroxylation is 2. The lowest BCUT2D eigenvalue weighted by Crippen LogP contribution is -1.91. The van der Waals surface area contributed by atoms with E-state index in [0.717, 1.165) is 5.69 Å². The standard InChI is InChI=1S/C11H11NS/c1-8-4-3-5-12-10(8)6-9(2)11(12)7-13/h3-7H,1-2H3. The van der Waals surface area contributed by atoms with E-state index in [1.165, 1.54) is 16.6 Å². The first-order chi connectivity index (χ1) is 6.24. The van der Waals surface area contributed by atoms with Crippen molar-refractivity contribution in [3.63, 3.8) is 0 Å². The van der Waals surface area contributed by atoms with Crippen LogP contribution in [-0.2, 0) is 0 Å². The Morgan fingerprint density at radius 2 is 2.08 bits per heavy atom. The van der Waals surface area contributed by atoms with E-state index in [0.29, 0.717) is 0 Å². The van der Waals surface area contributed by atoms with Crippen molar-refractivity contribution in [3.8, 4) is 0 Å². The SMILES string of the molecule is Cc1cc2c(C)cccn2c1C=S. The fraction of sp³-hybridized carbons (Fsp3) is 0.182. The van der Waals surface area contributed by atoms with Gasteiger partial charge in [0.05, 0.1) is 5.69 Å². The van der Waals surface area contributed by atoms with Gasteiger partial charge in [0.1, 0.15) is 0 Å². The Bertz CT molecular complexity index is 468. The molecule has 0 aliphatic heterocycles. The zero-order chi connectivity index (χ0) is 9.42. The summed E-state index contributed by atoms with van der Waals surface area (Å²) in [6, 6.07) is 6.33. The molecule has 2 aromatic heterocycles. The molecule has 0 aromatic carbocycles. The number of thiocarbonyl (C=S) groups is 1. The third kappa shape index (κ3) is 1.18. The van der Waals surface area contributed by atoms with Gasteiger partial charge in [0, 0.05) is 17.1 Å². The molecule has 66 valence electrons. The van der Waals surface area contributed by atoms with Crippen LogP contribution < -0.4 is 0 Å². The number of rotatable bonds is 1. The number of hydrogen-bond acceptors (Lipinski definition) is 1. The minimum Gasteiger partial charge on any atom is -0.316 e. The lowest BCUT2D eigenvalue weighted by Gasteiger charge is -1.99. The molecule has 0 atom stereocenters. The van der Waals surface area contributed by atoms with Crippen molar-refractivity contribution < 1.29 is 0 Å². The maximum absolute atomic E-state index is 4.98. The number of aromatic nitrogens is 1. The molecular weight excluding hydrogens is 178 g/mol. The average Bonchev–Trinajstić information content (AvgIpc) is 2.43. The third-order valence-corrected chi connectivity index (χ3v) is 2.60. The second kappa shape index (κ2) is 2.96. The molecule has 2 rings (SSSR count). The van der Waals surface area contributed by atoms with Crippen molar-refractivity contribution in [2.75, 3.05) is 0 Å². The van der Waals surface area contributed by atoms with Crippen LogP contribution in [0, 0.1) is 13.8 Å². The highest BCUT2D eigenvalue weighted by Gasteiger charge is 2.04. The van der Waals surface area contributed by atoms with Gasteiger partial charge in [-0.1, -0.05) is 18.3 Å².